The van der Waals surface area contributed by atoms with Crippen LogP contribution in [0.3, 0.4) is 0 Å². The van der Waals surface area contributed by atoms with Crippen LogP contribution in [0.5, 0.6) is 0 Å². The molecular weight excluding hydrogens is 408 g/mol. The average molecular weight is 435 g/mol. The highest BCUT2D eigenvalue weighted by Gasteiger charge is 2.32. The maximum Gasteiger partial charge on any atom is 0.224 e. The molecule has 1 saturated heterocycles. The Labute approximate surface area is 178 Å². The monoisotopic (exact) mass is 434 g/mol. The number of halogens is 1. The zero-order valence-electron chi connectivity index (χ0n) is 16.4. The number of carbonyl (C=O) groups is 1. The molecule has 0 saturated carbocycles. The van der Waals surface area contributed by atoms with Gasteiger partial charge in [0, 0.05) is 24.7 Å². The number of nitrogens with one attached hydrogen (secondary N) is 1. The highest BCUT2D eigenvalue weighted by Crippen LogP contribution is 2.22. The number of sulfonamides is 1. The van der Waals surface area contributed by atoms with Gasteiger partial charge in [-0.25, -0.2) is 12.7 Å². The summed E-state index contributed by atoms with van der Waals surface area (Å²) in [5.74, 6) is -0.416. The first kappa shape index (κ1) is 21.8. The lowest BCUT2D eigenvalue weighted by atomic mass is 9.99. The summed E-state index contributed by atoms with van der Waals surface area (Å²) in [5, 5.41) is 3.55. The van der Waals surface area contributed by atoms with Crippen LogP contribution in [-0.2, 0) is 27.0 Å². The number of hydrogen-bond donors (Lipinski definition) is 1. The number of piperidine rings is 1. The van der Waals surface area contributed by atoms with Gasteiger partial charge in [-0.2, -0.15) is 0 Å². The van der Waals surface area contributed by atoms with Crippen LogP contribution in [0.25, 0.3) is 0 Å². The molecule has 0 aromatic heterocycles. The molecule has 2 aromatic rings. The molecular formula is C22H27ClN2O3S. The molecule has 1 heterocycles. The van der Waals surface area contributed by atoms with Gasteiger partial charge in [0.1, 0.15) is 0 Å². The van der Waals surface area contributed by atoms with Gasteiger partial charge in [0.15, 0.2) is 0 Å². The Morgan fingerprint density at radius 3 is 2.52 bits per heavy atom. The van der Waals surface area contributed by atoms with E-state index in [2.05, 4.69) is 17.4 Å². The van der Waals surface area contributed by atoms with E-state index in [1.165, 1.54) is 9.87 Å². The summed E-state index contributed by atoms with van der Waals surface area (Å²) in [6.07, 6.45) is 3.19. The van der Waals surface area contributed by atoms with E-state index in [9.17, 15) is 13.2 Å². The maximum atomic E-state index is 12.8. The summed E-state index contributed by atoms with van der Waals surface area (Å²) < 4.78 is 27.0. The van der Waals surface area contributed by atoms with E-state index in [4.69, 9.17) is 11.6 Å². The van der Waals surface area contributed by atoms with Crippen LogP contribution in [-0.4, -0.2) is 38.3 Å². The number of nitrogens with zero attached hydrogens (tertiary/aromatic N) is 1. The van der Waals surface area contributed by atoms with Crippen molar-refractivity contribution in [3.05, 3.63) is 70.7 Å². The molecule has 0 aliphatic carbocycles. The number of rotatable bonds is 8. The molecule has 156 valence electrons. The van der Waals surface area contributed by atoms with Crippen LogP contribution >= 0.6 is 11.6 Å². The van der Waals surface area contributed by atoms with Gasteiger partial charge in [-0.1, -0.05) is 54.1 Å². The van der Waals surface area contributed by atoms with Crippen LogP contribution in [0.2, 0.25) is 5.02 Å². The van der Waals surface area contributed by atoms with Gasteiger partial charge in [0.2, 0.25) is 15.9 Å². The molecule has 1 unspecified atom stereocenters. The summed E-state index contributed by atoms with van der Waals surface area (Å²) in [5.41, 5.74) is 1.95. The Balaban J connectivity index is 1.48. The van der Waals surface area contributed by atoms with Crippen molar-refractivity contribution in [1.82, 2.24) is 9.62 Å². The lowest BCUT2D eigenvalue weighted by Gasteiger charge is -2.31. The van der Waals surface area contributed by atoms with Crippen LogP contribution in [0.15, 0.2) is 54.6 Å². The molecule has 7 heteroatoms. The molecule has 1 amide bonds. The second-order valence-corrected chi connectivity index (χ2v) is 9.87. The Morgan fingerprint density at radius 2 is 1.79 bits per heavy atom. The summed E-state index contributed by atoms with van der Waals surface area (Å²) in [4.78, 5) is 12.5. The van der Waals surface area contributed by atoms with Crippen molar-refractivity contribution < 1.29 is 13.2 Å². The number of hydrogen-bond acceptors (Lipinski definition) is 3. The third-order valence-electron chi connectivity index (χ3n) is 5.19. The van der Waals surface area contributed by atoms with Gasteiger partial charge >= 0.3 is 0 Å². The molecule has 1 fully saturated rings. The SMILES string of the molecule is O=C(NCCCc1ccccc1)C1CCCN(S(=O)(=O)Cc2ccc(Cl)cc2)C1. The number of amides is 1. The topological polar surface area (TPSA) is 66.5 Å². The van der Waals surface area contributed by atoms with Crippen molar-refractivity contribution in [3.8, 4) is 0 Å². The van der Waals surface area contributed by atoms with Crippen molar-refractivity contribution in [3.63, 3.8) is 0 Å². The summed E-state index contributed by atoms with van der Waals surface area (Å²) in [7, 11) is -3.47. The Kier molecular flexibility index (Phi) is 7.70. The fourth-order valence-electron chi connectivity index (χ4n) is 3.58. The zero-order valence-corrected chi connectivity index (χ0v) is 18.0. The average Bonchev–Trinajstić information content (AvgIpc) is 2.73. The fraction of sp³-hybridized carbons (Fsp3) is 0.409. The molecule has 0 radical (unpaired) electrons. The highest BCUT2D eigenvalue weighted by molar-refractivity contribution is 7.88. The first-order valence-electron chi connectivity index (χ1n) is 9.98. The molecule has 5 nitrogen and oxygen atoms in total. The van der Waals surface area contributed by atoms with Gasteiger partial charge in [-0.15, -0.1) is 0 Å². The van der Waals surface area contributed by atoms with E-state index in [0.717, 1.165) is 19.3 Å². The van der Waals surface area contributed by atoms with Gasteiger partial charge in [0.25, 0.3) is 0 Å². The number of benzene rings is 2. The van der Waals surface area contributed by atoms with Gasteiger partial charge in [0.05, 0.1) is 11.7 Å². The van der Waals surface area contributed by atoms with Crippen molar-refractivity contribution in [1.29, 1.82) is 0 Å². The van der Waals surface area contributed by atoms with Crippen LogP contribution < -0.4 is 5.32 Å². The Hall–Kier alpha value is -1.89. The summed E-state index contributed by atoms with van der Waals surface area (Å²) >= 11 is 5.87. The van der Waals surface area contributed by atoms with E-state index in [-0.39, 0.29) is 24.1 Å². The third-order valence-corrected chi connectivity index (χ3v) is 7.26. The highest BCUT2D eigenvalue weighted by atomic mass is 35.5. The summed E-state index contributed by atoms with van der Waals surface area (Å²) in [6, 6.07) is 17.0. The smallest absolute Gasteiger partial charge is 0.224 e. The van der Waals surface area contributed by atoms with E-state index in [1.807, 2.05) is 18.2 Å². The predicted molar refractivity (Wildman–Crippen MR) is 116 cm³/mol. The van der Waals surface area contributed by atoms with Crippen molar-refractivity contribution in [2.75, 3.05) is 19.6 Å². The van der Waals surface area contributed by atoms with E-state index in [0.29, 0.717) is 30.1 Å². The molecule has 1 aliphatic rings. The van der Waals surface area contributed by atoms with Crippen molar-refractivity contribution >= 4 is 27.5 Å². The zero-order chi connectivity index (χ0) is 20.7. The molecule has 1 N–H and O–H groups in total. The third kappa shape index (κ3) is 6.56. The van der Waals surface area contributed by atoms with E-state index in [1.54, 1.807) is 24.3 Å². The quantitative estimate of drug-likeness (QED) is 0.645. The molecule has 0 spiro atoms. The van der Waals surface area contributed by atoms with Gasteiger partial charge < -0.3 is 5.32 Å². The van der Waals surface area contributed by atoms with Crippen molar-refractivity contribution in [2.24, 2.45) is 5.92 Å². The van der Waals surface area contributed by atoms with Crippen LogP contribution in [0.4, 0.5) is 0 Å². The Morgan fingerprint density at radius 1 is 1.07 bits per heavy atom. The molecule has 2 aromatic carbocycles. The first-order valence-corrected chi connectivity index (χ1v) is 12.0. The minimum Gasteiger partial charge on any atom is -0.356 e. The van der Waals surface area contributed by atoms with E-state index < -0.39 is 10.0 Å². The lowest BCUT2D eigenvalue weighted by molar-refractivity contribution is -0.126. The second-order valence-electron chi connectivity index (χ2n) is 7.46. The predicted octanol–water partition coefficient (Wildman–Crippen LogP) is 3.63. The van der Waals surface area contributed by atoms with Crippen LogP contribution in [0, 0.1) is 5.92 Å². The standard InChI is InChI=1S/C22H27ClN2O3S/c23-21-12-10-19(11-13-21)17-29(27,28)25-15-5-9-20(16-25)22(26)24-14-4-8-18-6-2-1-3-7-18/h1-3,6-7,10-13,20H,4-5,8-9,14-17H2,(H,24,26). The van der Waals surface area contributed by atoms with Gasteiger partial charge in [-0.3, -0.25) is 4.79 Å². The second kappa shape index (κ2) is 10.2. The molecule has 1 aliphatic heterocycles. The Bertz CT molecular complexity index is 901. The normalized spacial score (nSPS) is 17.8. The number of aryl methyl sites for hydroxylation is 1. The van der Waals surface area contributed by atoms with Crippen LogP contribution in [0.1, 0.15) is 30.4 Å². The summed E-state index contributed by atoms with van der Waals surface area (Å²) in [6.45, 7) is 1.32. The molecule has 29 heavy (non-hydrogen) atoms. The van der Waals surface area contributed by atoms with Crippen molar-refractivity contribution in [2.45, 2.75) is 31.4 Å². The number of carbonyl (C=O) groups excluding carboxylic acids is 1. The van der Waals surface area contributed by atoms with Gasteiger partial charge in [-0.05, 0) is 48.9 Å². The molecule has 0 bridgehead atoms. The molecule has 1 atom stereocenters. The largest absolute Gasteiger partial charge is 0.356 e. The maximum absolute atomic E-state index is 12.8. The fourth-order valence-corrected chi connectivity index (χ4v) is 5.32. The first-order chi connectivity index (χ1) is 13.9. The minimum atomic E-state index is -3.47. The van der Waals surface area contributed by atoms with E-state index >= 15 is 0 Å². The lowest BCUT2D eigenvalue weighted by Crippen LogP contribution is -2.45. The minimum absolute atomic E-state index is 0.0514. The molecule has 3 rings (SSSR count).